The minimum Gasteiger partial charge on any atom is -0.390 e. The fourth-order valence-electron chi connectivity index (χ4n) is 7.89. The molecule has 0 saturated heterocycles. The van der Waals surface area contributed by atoms with Gasteiger partial charge in [0, 0.05) is 5.92 Å². The molecule has 0 aliphatic heterocycles. The Labute approximate surface area is 154 Å². The first-order valence-electron chi connectivity index (χ1n) is 11.0. The van der Waals surface area contributed by atoms with Crippen molar-refractivity contribution in [1.82, 2.24) is 0 Å². The second-order valence-electron chi connectivity index (χ2n) is 10.8. The lowest BCUT2D eigenvalue weighted by molar-refractivity contribution is -0.124. The Morgan fingerprint density at radius 1 is 0.880 bits per heavy atom. The molecule has 0 bridgehead atoms. The van der Waals surface area contributed by atoms with Crippen molar-refractivity contribution in [1.29, 1.82) is 0 Å². The molecule has 1 N–H and O–H groups in total. The number of ketones is 1. The van der Waals surface area contributed by atoms with E-state index in [1.54, 1.807) is 0 Å². The van der Waals surface area contributed by atoms with Crippen molar-refractivity contribution >= 4 is 5.78 Å². The van der Waals surface area contributed by atoms with Crippen LogP contribution >= 0.6 is 0 Å². The second-order valence-corrected chi connectivity index (χ2v) is 10.8. The molecule has 0 aromatic carbocycles. The Kier molecular flexibility index (Phi) is 4.58. The highest BCUT2D eigenvalue weighted by atomic mass is 16.3. The number of carbonyl (C=O) groups is 1. The van der Waals surface area contributed by atoms with Gasteiger partial charge in [0.05, 0.1) is 5.60 Å². The smallest absolute Gasteiger partial charge is 0.132 e. The second kappa shape index (κ2) is 6.36. The molecule has 4 aliphatic rings. The average molecular weight is 347 g/mol. The summed E-state index contributed by atoms with van der Waals surface area (Å²) in [5, 5.41) is 10.5. The number of aliphatic hydroxyl groups is 1. The predicted molar refractivity (Wildman–Crippen MR) is 101 cm³/mol. The molecule has 8 atom stereocenters. The van der Waals surface area contributed by atoms with Crippen LogP contribution in [-0.2, 0) is 4.79 Å². The summed E-state index contributed by atoms with van der Waals surface area (Å²) in [7, 11) is 0. The summed E-state index contributed by atoms with van der Waals surface area (Å²) >= 11 is 0. The zero-order valence-electron chi connectivity index (χ0n) is 16.6. The third-order valence-corrected chi connectivity index (χ3v) is 9.11. The van der Waals surface area contributed by atoms with Crippen molar-refractivity contribution in [3.63, 3.8) is 0 Å². The molecule has 142 valence electrons. The molecule has 4 fully saturated rings. The number of hydrogen-bond acceptors (Lipinski definition) is 2. The van der Waals surface area contributed by atoms with Crippen molar-refractivity contribution in [2.24, 2.45) is 40.9 Å². The molecule has 0 amide bonds. The quantitative estimate of drug-likeness (QED) is 0.692. The van der Waals surface area contributed by atoms with Crippen LogP contribution in [0.15, 0.2) is 0 Å². The Balaban J connectivity index is 1.54. The zero-order valence-corrected chi connectivity index (χ0v) is 16.6. The van der Waals surface area contributed by atoms with Crippen LogP contribution in [0.1, 0.15) is 91.4 Å². The van der Waals surface area contributed by atoms with E-state index in [1.807, 2.05) is 6.92 Å². The lowest BCUT2D eigenvalue weighted by Crippen LogP contribution is -2.50. The van der Waals surface area contributed by atoms with Gasteiger partial charge in [-0.1, -0.05) is 13.3 Å². The minimum atomic E-state index is -0.409. The first-order chi connectivity index (χ1) is 11.8. The van der Waals surface area contributed by atoms with Crippen LogP contribution in [-0.4, -0.2) is 16.5 Å². The monoisotopic (exact) mass is 346 g/mol. The number of rotatable bonds is 1. The molecule has 4 aliphatic carbocycles. The van der Waals surface area contributed by atoms with Gasteiger partial charge in [0.25, 0.3) is 0 Å². The molecular formula is C23H38O2. The topological polar surface area (TPSA) is 37.3 Å². The van der Waals surface area contributed by atoms with Crippen molar-refractivity contribution in [3.8, 4) is 0 Å². The lowest BCUT2D eigenvalue weighted by atomic mass is 9.48. The molecule has 0 unspecified atom stereocenters. The van der Waals surface area contributed by atoms with Crippen LogP contribution < -0.4 is 0 Å². The fraction of sp³-hybridized carbons (Fsp3) is 0.957. The molecule has 2 heteroatoms. The highest BCUT2D eigenvalue weighted by Gasteiger charge is 2.54. The van der Waals surface area contributed by atoms with Gasteiger partial charge >= 0.3 is 0 Å². The maximum absolute atomic E-state index is 12.1. The van der Waals surface area contributed by atoms with Crippen molar-refractivity contribution in [3.05, 3.63) is 0 Å². The van der Waals surface area contributed by atoms with Crippen molar-refractivity contribution in [2.75, 3.05) is 0 Å². The van der Waals surface area contributed by atoms with Crippen LogP contribution in [0, 0.1) is 40.9 Å². The zero-order chi connectivity index (χ0) is 17.8. The maximum Gasteiger partial charge on any atom is 0.132 e. The van der Waals surface area contributed by atoms with Crippen LogP contribution in [0.5, 0.6) is 0 Å². The van der Waals surface area contributed by atoms with Crippen molar-refractivity contribution in [2.45, 2.75) is 97.0 Å². The summed E-state index contributed by atoms with van der Waals surface area (Å²) in [6.45, 7) is 6.40. The molecule has 2 nitrogen and oxygen atoms in total. The number of Topliss-reactive ketones (excluding diaryl/α,β-unsaturated/α-hetero) is 1. The predicted octanol–water partition coefficient (Wildman–Crippen LogP) is 5.38. The van der Waals surface area contributed by atoms with Crippen LogP contribution in [0.3, 0.4) is 0 Å². The molecule has 4 saturated carbocycles. The normalized spacial score (nSPS) is 53.1. The van der Waals surface area contributed by atoms with E-state index in [0.717, 1.165) is 55.3 Å². The molecule has 4 rings (SSSR count). The van der Waals surface area contributed by atoms with E-state index in [4.69, 9.17) is 0 Å². The highest BCUT2D eigenvalue weighted by Crippen LogP contribution is 2.61. The van der Waals surface area contributed by atoms with Gasteiger partial charge in [-0.15, -0.1) is 0 Å². The molecule has 0 aromatic heterocycles. The van der Waals surface area contributed by atoms with Gasteiger partial charge in [0.15, 0.2) is 0 Å². The van der Waals surface area contributed by atoms with E-state index in [0.29, 0.717) is 17.1 Å². The van der Waals surface area contributed by atoms with E-state index in [-0.39, 0.29) is 0 Å². The highest BCUT2D eigenvalue weighted by molar-refractivity contribution is 5.78. The Morgan fingerprint density at radius 3 is 2.40 bits per heavy atom. The number of hydrogen-bond donors (Lipinski definition) is 1. The number of carbonyl (C=O) groups excluding carboxylic acids is 1. The maximum atomic E-state index is 12.1. The summed E-state index contributed by atoms with van der Waals surface area (Å²) < 4.78 is 0. The first-order valence-corrected chi connectivity index (χ1v) is 11.0. The SMILES string of the molecule is CC(=O)[C@H]1CCC[C@H]2[C@@H]3CC[C@@H]4C[C@](C)(O)CC[C@@H]4[C@H]3CC[C@]2(C)C1. The van der Waals surface area contributed by atoms with E-state index >= 15 is 0 Å². The van der Waals surface area contributed by atoms with Gasteiger partial charge in [-0.25, -0.2) is 0 Å². The molecular weight excluding hydrogens is 308 g/mol. The fourth-order valence-corrected chi connectivity index (χ4v) is 7.89. The minimum absolute atomic E-state index is 0.327. The van der Waals surface area contributed by atoms with Crippen molar-refractivity contribution < 1.29 is 9.90 Å². The summed E-state index contributed by atoms with van der Waals surface area (Å²) in [5.74, 6) is 5.05. The Bertz CT molecular complexity index is 524. The number of fused-ring (bicyclic) bond motifs is 5. The van der Waals surface area contributed by atoms with Crippen LogP contribution in [0.25, 0.3) is 0 Å². The van der Waals surface area contributed by atoms with E-state index < -0.39 is 5.60 Å². The third-order valence-electron chi connectivity index (χ3n) is 9.11. The molecule has 0 heterocycles. The third kappa shape index (κ3) is 3.22. The lowest BCUT2D eigenvalue weighted by Gasteiger charge is -2.57. The van der Waals surface area contributed by atoms with Crippen LogP contribution in [0.2, 0.25) is 0 Å². The largest absolute Gasteiger partial charge is 0.390 e. The summed E-state index contributed by atoms with van der Waals surface area (Å²) in [6.07, 6.45) is 13.6. The van der Waals surface area contributed by atoms with Gasteiger partial charge in [-0.2, -0.15) is 0 Å². The molecule has 25 heavy (non-hydrogen) atoms. The molecule has 0 aromatic rings. The van der Waals surface area contributed by atoms with Gasteiger partial charge in [-0.05, 0) is 113 Å². The van der Waals surface area contributed by atoms with Crippen LogP contribution in [0.4, 0.5) is 0 Å². The Hall–Kier alpha value is -0.370. The molecule has 0 radical (unpaired) electrons. The molecule has 0 spiro atoms. The summed E-state index contributed by atoms with van der Waals surface area (Å²) in [4.78, 5) is 12.1. The van der Waals surface area contributed by atoms with Gasteiger partial charge < -0.3 is 5.11 Å². The van der Waals surface area contributed by atoms with Gasteiger partial charge in [0.1, 0.15) is 5.78 Å². The van der Waals surface area contributed by atoms with E-state index in [1.165, 1.54) is 44.9 Å². The average Bonchev–Trinajstić information content (AvgIpc) is 2.72. The Morgan fingerprint density at radius 2 is 1.64 bits per heavy atom. The standard InChI is InChI=1S/C23H38O2/c1-15(24)16-5-4-6-21-20-8-7-17-14-23(3,25)12-10-18(17)19(20)9-11-22(21,2)13-16/h16-21,25H,4-14H2,1-3H3/t16-,17+,18-,19+,20+,21-,22+,23+/m0/s1. The van der Waals surface area contributed by atoms with E-state index in [2.05, 4.69) is 13.8 Å². The van der Waals surface area contributed by atoms with Gasteiger partial charge in [-0.3, -0.25) is 4.79 Å². The first kappa shape index (κ1) is 18.0. The summed E-state index contributed by atoms with van der Waals surface area (Å²) in [5.41, 5.74) is -0.00475. The van der Waals surface area contributed by atoms with Gasteiger partial charge in [0.2, 0.25) is 0 Å². The van der Waals surface area contributed by atoms with E-state index in [9.17, 15) is 9.90 Å². The summed E-state index contributed by atoms with van der Waals surface area (Å²) in [6, 6.07) is 0.